The highest BCUT2D eigenvalue weighted by molar-refractivity contribution is 7.89. The van der Waals surface area contributed by atoms with Crippen molar-refractivity contribution in [2.45, 2.75) is 38.3 Å². The molecule has 2 aromatic carbocycles. The molecule has 0 aliphatic rings. The quantitative estimate of drug-likeness (QED) is 0.687. The number of rotatable bonds is 7. The Kier molecular flexibility index (Phi) is 5.24. The Hall–Kier alpha value is -2.45. The van der Waals surface area contributed by atoms with Crippen LogP contribution >= 0.6 is 0 Å². The SMILES string of the molecule is CCOc1nnc([C@@H](C)NS(=O)(=O)c2ccc3ccccc3c2)n1CC. The van der Waals surface area contributed by atoms with E-state index in [1.165, 1.54) is 0 Å². The van der Waals surface area contributed by atoms with E-state index in [2.05, 4.69) is 14.9 Å². The van der Waals surface area contributed by atoms with Crippen molar-refractivity contribution < 1.29 is 13.2 Å². The van der Waals surface area contributed by atoms with Crippen LogP contribution in [0.1, 0.15) is 32.6 Å². The van der Waals surface area contributed by atoms with E-state index in [-0.39, 0.29) is 4.90 Å². The second kappa shape index (κ2) is 7.43. The lowest BCUT2D eigenvalue weighted by atomic mass is 10.1. The maximum Gasteiger partial charge on any atom is 0.316 e. The van der Waals surface area contributed by atoms with Crippen LogP contribution in [-0.2, 0) is 16.6 Å². The Morgan fingerprint density at radius 1 is 1.12 bits per heavy atom. The van der Waals surface area contributed by atoms with E-state index in [0.29, 0.717) is 25.0 Å². The third kappa shape index (κ3) is 3.56. The van der Waals surface area contributed by atoms with Gasteiger partial charge in [0.1, 0.15) is 0 Å². The van der Waals surface area contributed by atoms with Crippen molar-refractivity contribution in [3.8, 4) is 6.01 Å². The molecule has 0 aliphatic carbocycles. The lowest BCUT2D eigenvalue weighted by Crippen LogP contribution is -2.29. The smallest absolute Gasteiger partial charge is 0.316 e. The van der Waals surface area contributed by atoms with Gasteiger partial charge < -0.3 is 4.74 Å². The highest BCUT2D eigenvalue weighted by Gasteiger charge is 2.23. The van der Waals surface area contributed by atoms with Gasteiger partial charge in [-0.05, 0) is 43.7 Å². The van der Waals surface area contributed by atoms with Gasteiger partial charge in [-0.3, -0.25) is 4.57 Å². The second-order valence-electron chi connectivity index (χ2n) is 5.87. The lowest BCUT2D eigenvalue weighted by molar-refractivity contribution is 0.294. The fourth-order valence-electron chi connectivity index (χ4n) is 2.84. The maximum atomic E-state index is 12.8. The molecule has 0 aliphatic heterocycles. The van der Waals surface area contributed by atoms with Gasteiger partial charge in [0, 0.05) is 6.54 Å². The summed E-state index contributed by atoms with van der Waals surface area (Å²) in [5.74, 6) is 0.514. The van der Waals surface area contributed by atoms with Gasteiger partial charge in [-0.25, -0.2) is 13.1 Å². The average Bonchev–Trinajstić information content (AvgIpc) is 3.04. The molecule has 138 valence electrons. The largest absolute Gasteiger partial charge is 0.464 e. The monoisotopic (exact) mass is 374 g/mol. The molecule has 0 bridgehead atoms. The van der Waals surface area contributed by atoms with Crippen LogP contribution in [0.2, 0.25) is 0 Å². The van der Waals surface area contributed by atoms with Gasteiger partial charge >= 0.3 is 6.01 Å². The molecule has 8 heteroatoms. The molecule has 26 heavy (non-hydrogen) atoms. The van der Waals surface area contributed by atoms with E-state index in [4.69, 9.17) is 4.74 Å². The van der Waals surface area contributed by atoms with Crippen molar-refractivity contribution in [3.05, 3.63) is 48.3 Å². The van der Waals surface area contributed by atoms with Crippen molar-refractivity contribution in [2.75, 3.05) is 6.61 Å². The summed E-state index contributed by atoms with van der Waals surface area (Å²) in [6.45, 7) is 6.58. The topological polar surface area (TPSA) is 86.1 Å². The van der Waals surface area contributed by atoms with Gasteiger partial charge in [0.2, 0.25) is 10.0 Å². The van der Waals surface area contributed by atoms with Gasteiger partial charge in [0.05, 0.1) is 17.5 Å². The van der Waals surface area contributed by atoms with Gasteiger partial charge in [0.25, 0.3) is 0 Å². The van der Waals surface area contributed by atoms with Gasteiger partial charge in [-0.15, -0.1) is 5.10 Å². The van der Waals surface area contributed by atoms with Crippen LogP contribution in [0.5, 0.6) is 6.01 Å². The number of hydrogen-bond acceptors (Lipinski definition) is 5. The minimum atomic E-state index is -3.70. The Morgan fingerprint density at radius 2 is 1.85 bits per heavy atom. The highest BCUT2D eigenvalue weighted by atomic mass is 32.2. The first-order valence-corrected chi connectivity index (χ1v) is 10.0. The van der Waals surface area contributed by atoms with E-state index in [9.17, 15) is 8.42 Å². The Labute approximate surface area is 153 Å². The van der Waals surface area contributed by atoms with Crippen LogP contribution in [0, 0.1) is 0 Å². The molecule has 3 rings (SSSR count). The van der Waals surface area contributed by atoms with E-state index in [1.807, 2.05) is 38.1 Å². The number of fused-ring (bicyclic) bond motifs is 1. The number of nitrogens with one attached hydrogen (secondary N) is 1. The molecule has 1 heterocycles. The van der Waals surface area contributed by atoms with Crippen LogP contribution in [0.25, 0.3) is 10.8 Å². The van der Waals surface area contributed by atoms with Crippen molar-refractivity contribution >= 4 is 20.8 Å². The minimum absolute atomic E-state index is 0.218. The summed E-state index contributed by atoms with van der Waals surface area (Å²) in [5.41, 5.74) is 0. The molecule has 1 aromatic heterocycles. The Balaban J connectivity index is 1.88. The molecule has 3 aromatic rings. The fraction of sp³-hybridized carbons (Fsp3) is 0.333. The van der Waals surface area contributed by atoms with Crippen LogP contribution in [0.3, 0.4) is 0 Å². The zero-order valence-electron chi connectivity index (χ0n) is 15.0. The van der Waals surface area contributed by atoms with Crippen molar-refractivity contribution in [2.24, 2.45) is 0 Å². The van der Waals surface area contributed by atoms with E-state index < -0.39 is 16.1 Å². The summed E-state index contributed by atoms with van der Waals surface area (Å²) in [7, 11) is -3.70. The number of sulfonamides is 1. The number of hydrogen-bond donors (Lipinski definition) is 1. The summed E-state index contributed by atoms with van der Waals surface area (Å²) in [6.07, 6.45) is 0. The first-order chi connectivity index (χ1) is 12.5. The second-order valence-corrected chi connectivity index (χ2v) is 7.58. The molecule has 0 fully saturated rings. The number of benzene rings is 2. The molecule has 0 saturated heterocycles. The molecule has 0 unspecified atom stereocenters. The van der Waals surface area contributed by atoms with Crippen molar-refractivity contribution in [1.82, 2.24) is 19.5 Å². The molecular weight excluding hydrogens is 352 g/mol. The number of aromatic nitrogens is 3. The zero-order valence-corrected chi connectivity index (χ0v) is 15.8. The van der Waals surface area contributed by atoms with Crippen LogP contribution < -0.4 is 9.46 Å². The maximum absolute atomic E-state index is 12.8. The summed E-state index contributed by atoms with van der Waals surface area (Å²) in [5, 5.41) is 9.96. The molecule has 1 N–H and O–H groups in total. The van der Waals surface area contributed by atoms with Crippen molar-refractivity contribution in [3.63, 3.8) is 0 Å². The molecule has 0 amide bonds. The first kappa shape index (κ1) is 18.3. The molecule has 0 saturated carbocycles. The fourth-order valence-corrected chi connectivity index (χ4v) is 4.08. The van der Waals surface area contributed by atoms with Gasteiger partial charge in [-0.2, -0.15) is 0 Å². The van der Waals surface area contributed by atoms with E-state index in [0.717, 1.165) is 10.8 Å². The minimum Gasteiger partial charge on any atom is -0.464 e. The summed E-state index contributed by atoms with van der Waals surface area (Å²) in [6, 6.07) is 12.6. The van der Waals surface area contributed by atoms with E-state index in [1.54, 1.807) is 29.7 Å². The molecule has 0 spiro atoms. The molecule has 1 atom stereocenters. The predicted molar refractivity (Wildman–Crippen MR) is 99.5 cm³/mol. The predicted octanol–water partition coefficient (Wildman–Crippen LogP) is 2.89. The van der Waals surface area contributed by atoms with Crippen LogP contribution in [-0.4, -0.2) is 29.8 Å². The Morgan fingerprint density at radius 3 is 2.54 bits per heavy atom. The summed E-state index contributed by atoms with van der Waals surface area (Å²) < 4.78 is 35.5. The van der Waals surface area contributed by atoms with Gasteiger partial charge in [-0.1, -0.05) is 35.4 Å². The third-order valence-corrected chi connectivity index (χ3v) is 5.62. The van der Waals surface area contributed by atoms with Crippen LogP contribution in [0.4, 0.5) is 0 Å². The lowest BCUT2D eigenvalue weighted by Gasteiger charge is -2.15. The van der Waals surface area contributed by atoms with E-state index >= 15 is 0 Å². The molecular formula is C18H22N4O3S. The number of ether oxygens (including phenoxy) is 1. The normalized spacial score (nSPS) is 13.0. The third-order valence-electron chi connectivity index (χ3n) is 4.09. The number of nitrogens with zero attached hydrogens (tertiary/aromatic N) is 3. The zero-order chi connectivity index (χ0) is 18.7. The highest BCUT2D eigenvalue weighted by Crippen LogP contribution is 2.22. The van der Waals surface area contributed by atoms with Crippen LogP contribution in [0.15, 0.2) is 47.4 Å². The summed E-state index contributed by atoms with van der Waals surface area (Å²) in [4.78, 5) is 0.218. The Bertz CT molecular complexity index is 1010. The van der Waals surface area contributed by atoms with Gasteiger partial charge in [0.15, 0.2) is 5.82 Å². The standard InChI is InChI=1S/C18H22N4O3S/c1-4-22-17(19-20-18(22)25-5-2)13(3)21-26(23,24)16-11-10-14-8-6-7-9-15(14)12-16/h6-13,21H,4-5H2,1-3H3/t13-/m1/s1. The molecule has 7 nitrogen and oxygen atoms in total. The van der Waals surface area contributed by atoms with Crippen molar-refractivity contribution in [1.29, 1.82) is 0 Å². The molecule has 0 radical (unpaired) electrons. The average molecular weight is 374 g/mol. The summed E-state index contributed by atoms with van der Waals surface area (Å²) >= 11 is 0. The first-order valence-electron chi connectivity index (χ1n) is 8.53.